The number of ether oxygens (including phenoxy) is 1. The summed E-state index contributed by atoms with van der Waals surface area (Å²) in [4.78, 5) is 2.53. The second-order valence-corrected chi connectivity index (χ2v) is 10.1. The van der Waals surface area contributed by atoms with Gasteiger partial charge in [0, 0.05) is 42.7 Å². The van der Waals surface area contributed by atoms with Crippen molar-refractivity contribution in [1.82, 2.24) is 10.2 Å². The van der Waals surface area contributed by atoms with Crippen LogP contribution in [0.3, 0.4) is 0 Å². The highest BCUT2D eigenvalue weighted by molar-refractivity contribution is 7.92. The number of anilines is 1. The van der Waals surface area contributed by atoms with Crippen LogP contribution >= 0.6 is 0 Å². The monoisotopic (exact) mass is 443 g/mol. The van der Waals surface area contributed by atoms with Gasteiger partial charge in [-0.1, -0.05) is 6.07 Å². The molecule has 31 heavy (non-hydrogen) atoms. The summed E-state index contributed by atoms with van der Waals surface area (Å²) in [5.74, 6) is 0.475. The average molecular weight is 444 g/mol. The Hall–Kier alpha value is -2.55. The molecule has 0 radical (unpaired) electrons. The van der Waals surface area contributed by atoms with Crippen LogP contribution in [0.4, 0.5) is 5.69 Å². The van der Waals surface area contributed by atoms with Crippen molar-refractivity contribution in [3.05, 3.63) is 53.8 Å². The number of methoxy groups -OCH3 is 1. The quantitative estimate of drug-likeness (QED) is 0.604. The van der Waals surface area contributed by atoms with Gasteiger partial charge in [0.2, 0.25) is 0 Å². The Kier molecular flexibility index (Phi) is 5.96. The molecule has 7 nitrogen and oxygen atoms in total. The minimum Gasteiger partial charge on any atom is -0.495 e. The Bertz CT molecular complexity index is 1180. The average Bonchev–Trinajstić information content (AvgIpc) is 3.16. The van der Waals surface area contributed by atoms with E-state index < -0.39 is 10.0 Å². The molecule has 2 aromatic carbocycles. The third-order valence-corrected chi connectivity index (χ3v) is 6.88. The number of nitrogens with one attached hydrogen (secondary N) is 2. The summed E-state index contributed by atoms with van der Waals surface area (Å²) in [7, 11) is -2.30. The fourth-order valence-corrected chi connectivity index (χ4v) is 5.46. The number of rotatable bonds is 6. The fourth-order valence-electron chi connectivity index (χ4n) is 4.31. The van der Waals surface area contributed by atoms with Crippen LogP contribution in [0.1, 0.15) is 25.0 Å². The predicted molar refractivity (Wildman–Crippen MR) is 122 cm³/mol. The number of sulfonamides is 1. The Morgan fingerprint density at radius 3 is 2.61 bits per heavy atom. The van der Waals surface area contributed by atoms with Gasteiger partial charge in [-0.05, 0) is 56.7 Å². The lowest BCUT2D eigenvalue weighted by Gasteiger charge is -2.36. The van der Waals surface area contributed by atoms with E-state index in [0.29, 0.717) is 30.1 Å². The van der Waals surface area contributed by atoms with E-state index in [1.165, 1.54) is 7.11 Å². The Morgan fingerprint density at radius 2 is 1.90 bits per heavy atom. The van der Waals surface area contributed by atoms with E-state index in [4.69, 9.17) is 9.15 Å². The highest BCUT2D eigenvalue weighted by Crippen LogP contribution is 2.31. The number of fused-ring (bicyclic) bond motifs is 1. The van der Waals surface area contributed by atoms with Crippen LogP contribution < -0.4 is 14.8 Å². The molecule has 1 aromatic heterocycles. The molecule has 0 aliphatic carbocycles. The molecule has 1 aliphatic heterocycles. The third-order valence-electron chi connectivity index (χ3n) is 5.54. The summed E-state index contributed by atoms with van der Waals surface area (Å²) in [6.07, 6.45) is 1.60. The van der Waals surface area contributed by atoms with E-state index in [1.807, 2.05) is 13.0 Å². The van der Waals surface area contributed by atoms with Crippen molar-refractivity contribution in [3.8, 4) is 5.75 Å². The maximum Gasteiger partial charge on any atom is 0.262 e. The van der Waals surface area contributed by atoms with Gasteiger partial charge >= 0.3 is 0 Å². The Balaban J connectivity index is 1.69. The lowest BCUT2D eigenvalue weighted by molar-refractivity contribution is 0.166. The molecule has 2 heterocycles. The van der Waals surface area contributed by atoms with Gasteiger partial charge in [-0.2, -0.15) is 0 Å². The van der Waals surface area contributed by atoms with Gasteiger partial charge in [-0.3, -0.25) is 9.62 Å². The third kappa shape index (κ3) is 4.71. The molecule has 8 heteroatoms. The molecule has 0 spiro atoms. The van der Waals surface area contributed by atoms with Crippen LogP contribution in [-0.2, 0) is 16.6 Å². The lowest BCUT2D eigenvalue weighted by atomic mass is 10.1. The lowest BCUT2D eigenvalue weighted by Crippen LogP contribution is -2.53. The fraction of sp³-hybridized carbons (Fsp3) is 0.391. The van der Waals surface area contributed by atoms with Crippen LogP contribution in [0, 0.1) is 6.92 Å². The summed E-state index contributed by atoms with van der Waals surface area (Å²) >= 11 is 0. The van der Waals surface area contributed by atoms with Crippen molar-refractivity contribution in [2.45, 2.75) is 44.3 Å². The summed E-state index contributed by atoms with van der Waals surface area (Å²) < 4.78 is 40.3. The van der Waals surface area contributed by atoms with Crippen LogP contribution in [0.25, 0.3) is 11.0 Å². The summed E-state index contributed by atoms with van der Waals surface area (Å²) in [6.45, 7) is 8.63. The molecule has 4 rings (SSSR count). The van der Waals surface area contributed by atoms with Crippen LogP contribution in [0.5, 0.6) is 5.75 Å². The molecule has 0 bridgehead atoms. The normalized spacial score (nSPS) is 20.1. The topological polar surface area (TPSA) is 83.8 Å². The number of aryl methyl sites for hydroxylation is 1. The zero-order valence-electron chi connectivity index (χ0n) is 18.3. The summed E-state index contributed by atoms with van der Waals surface area (Å²) in [6, 6.07) is 11.3. The van der Waals surface area contributed by atoms with Gasteiger partial charge in [0.25, 0.3) is 10.0 Å². The van der Waals surface area contributed by atoms with E-state index in [1.54, 1.807) is 36.6 Å². The molecule has 1 fully saturated rings. The smallest absolute Gasteiger partial charge is 0.262 e. The van der Waals surface area contributed by atoms with Crippen molar-refractivity contribution in [1.29, 1.82) is 0 Å². The molecule has 2 atom stereocenters. The second-order valence-electron chi connectivity index (χ2n) is 8.39. The molecule has 0 amide bonds. The van der Waals surface area contributed by atoms with E-state index in [9.17, 15) is 8.42 Å². The largest absolute Gasteiger partial charge is 0.495 e. The SMILES string of the molecule is COc1ccc(C)cc1NS(=O)(=O)c1cc(CN2C[C@@H](C)N[C@@H](C)C2)c2occc2c1. The zero-order valence-corrected chi connectivity index (χ0v) is 19.1. The van der Waals surface area contributed by atoms with Crippen LogP contribution in [-0.4, -0.2) is 45.6 Å². The van der Waals surface area contributed by atoms with E-state index >= 15 is 0 Å². The first kappa shape index (κ1) is 21.7. The number of hydrogen-bond acceptors (Lipinski definition) is 6. The number of furan rings is 1. The first-order chi connectivity index (χ1) is 14.7. The van der Waals surface area contributed by atoms with Gasteiger partial charge in [0.05, 0.1) is 24.0 Å². The first-order valence-corrected chi connectivity index (χ1v) is 11.9. The minimum absolute atomic E-state index is 0.205. The number of benzene rings is 2. The standard InChI is InChI=1S/C23H29N3O4S/c1-15-5-6-22(29-4)21(9-15)25-31(27,28)20-10-18-7-8-30-23(18)19(11-20)14-26-12-16(2)24-17(3)13-26/h5-11,16-17,24-25H,12-14H2,1-4H3/t16-,17+. The molecular formula is C23H29N3O4S. The van der Waals surface area contributed by atoms with Gasteiger partial charge in [0.15, 0.2) is 0 Å². The molecule has 166 valence electrons. The van der Waals surface area contributed by atoms with Crippen molar-refractivity contribution in [2.24, 2.45) is 0 Å². The Morgan fingerprint density at radius 1 is 1.16 bits per heavy atom. The highest BCUT2D eigenvalue weighted by atomic mass is 32.2. The van der Waals surface area contributed by atoms with Crippen molar-refractivity contribution in [3.63, 3.8) is 0 Å². The molecular weight excluding hydrogens is 414 g/mol. The maximum absolute atomic E-state index is 13.3. The van der Waals surface area contributed by atoms with E-state index in [2.05, 4.69) is 28.8 Å². The molecule has 3 aromatic rings. The number of hydrogen-bond donors (Lipinski definition) is 2. The second kappa shape index (κ2) is 8.53. The van der Waals surface area contributed by atoms with Crippen LogP contribution in [0.2, 0.25) is 0 Å². The van der Waals surface area contributed by atoms with Gasteiger partial charge in [-0.25, -0.2) is 8.42 Å². The number of piperazine rings is 1. The van der Waals surface area contributed by atoms with E-state index in [-0.39, 0.29) is 4.90 Å². The zero-order chi connectivity index (χ0) is 22.2. The van der Waals surface area contributed by atoms with Gasteiger partial charge in [0.1, 0.15) is 11.3 Å². The Labute approximate surface area is 183 Å². The molecule has 0 unspecified atom stereocenters. The van der Waals surface area contributed by atoms with Crippen molar-refractivity contribution >= 4 is 26.7 Å². The molecule has 1 aliphatic rings. The van der Waals surface area contributed by atoms with Crippen LogP contribution in [0.15, 0.2) is 52.0 Å². The minimum atomic E-state index is -3.82. The van der Waals surface area contributed by atoms with Crippen molar-refractivity contribution in [2.75, 3.05) is 24.9 Å². The molecule has 2 N–H and O–H groups in total. The van der Waals surface area contributed by atoms with E-state index in [0.717, 1.165) is 35.2 Å². The molecule has 1 saturated heterocycles. The van der Waals surface area contributed by atoms with Gasteiger partial charge < -0.3 is 14.5 Å². The van der Waals surface area contributed by atoms with Crippen molar-refractivity contribution < 1.29 is 17.6 Å². The highest BCUT2D eigenvalue weighted by Gasteiger charge is 2.24. The maximum atomic E-state index is 13.3. The predicted octanol–water partition coefficient (Wildman–Crippen LogP) is 3.73. The summed E-state index contributed by atoms with van der Waals surface area (Å²) in [5, 5.41) is 4.29. The first-order valence-electron chi connectivity index (χ1n) is 10.4. The molecule has 0 saturated carbocycles. The van der Waals surface area contributed by atoms with Gasteiger partial charge in [-0.15, -0.1) is 0 Å². The summed E-state index contributed by atoms with van der Waals surface area (Å²) in [5.41, 5.74) is 2.94. The number of nitrogens with zero attached hydrogens (tertiary/aromatic N) is 1.